The molecule has 3 heterocycles. The molecule has 1 aromatic carbocycles. The van der Waals surface area contributed by atoms with E-state index in [2.05, 4.69) is 5.10 Å². The number of hydrogen-bond acceptors (Lipinski definition) is 4. The van der Waals surface area contributed by atoms with E-state index >= 15 is 0 Å². The highest BCUT2D eigenvalue weighted by Crippen LogP contribution is 2.40. The molecule has 0 radical (unpaired) electrons. The minimum atomic E-state index is -0.0219. The quantitative estimate of drug-likeness (QED) is 0.598. The zero-order valence-electron chi connectivity index (χ0n) is 18.4. The molecule has 6 nitrogen and oxygen atoms in total. The van der Waals surface area contributed by atoms with Crippen molar-refractivity contribution in [2.24, 2.45) is 13.0 Å². The lowest BCUT2D eigenvalue weighted by atomic mass is 9.88. The molecule has 0 spiro atoms. The molecule has 0 N–H and O–H groups in total. The first-order chi connectivity index (χ1) is 14.9. The van der Waals surface area contributed by atoms with Crippen molar-refractivity contribution in [3.8, 4) is 0 Å². The molecular formula is C25H28N4O2. The van der Waals surface area contributed by atoms with Crippen LogP contribution in [-0.4, -0.2) is 44.4 Å². The molecule has 5 rings (SSSR count). The number of pyridine rings is 1. The van der Waals surface area contributed by atoms with E-state index in [1.54, 1.807) is 4.68 Å². The summed E-state index contributed by atoms with van der Waals surface area (Å²) in [5, 5.41) is 5.37. The van der Waals surface area contributed by atoms with Crippen LogP contribution in [0.5, 0.6) is 0 Å². The molecule has 1 aliphatic heterocycles. The van der Waals surface area contributed by atoms with Gasteiger partial charge >= 0.3 is 0 Å². The maximum absolute atomic E-state index is 13.5. The molecule has 160 valence electrons. The molecule has 2 aliphatic rings. The summed E-state index contributed by atoms with van der Waals surface area (Å²) in [5.74, 6) is 0.666. The normalized spacial score (nSPS) is 17.3. The monoisotopic (exact) mass is 416 g/mol. The highest BCUT2D eigenvalue weighted by molar-refractivity contribution is 6.06. The van der Waals surface area contributed by atoms with Crippen molar-refractivity contribution in [1.29, 1.82) is 0 Å². The van der Waals surface area contributed by atoms with Crippen LogP contribution < -0.4 is 0 Å². The van der Waals surface area contributed by atoms with Gasteiger partial charge in [-0.25, -0.2) is 4.98 Å². The number of amides is 1. The summed E-state index contributed by atoms with van der Waals surface area (Å²) in [6, 6.07) is 9.77. The molecule has 2 aromatic heterocycles. The first kappa shape index (κ1) is 19.9. The first-order valence-electron chi connectivity index (χ1n) is 11.2. The van der Waals surface area contributed by atoms with Gasteiger partial charge in [0, 0.05) is 43.2 Å². The lowest BCUT2D eigenvalue weighted by Crippen LogP contribution is -2.40. The Morgan fingerprint density at radius 3 is 2.32 bits per heavy atom. The smallest absolute Gasteiger partial charge is 0.254 e. The second-order valence-electron chi connectivity index (χ2n) is 9.07. The Balaban J connectivity index is 1.36. The average Bonchev–Trinajstić information content (AvgIpc) is 3.59. The van der Waals surface area contributed by atoms with Crippen LogP contribution in [0, 0.1) is 19.8 Å². The predicted octanol–water partition coefficient (Wildman–Crippen LogP) is 4.20. The molecular weight excluding hydrogens is 388 g/mol. The number of aromatic nitrogens is 3. The standard InChI is InChI=1S/C25H28N4O2/c1-15-4-6-18(7-5-15)23(30)19-10-12-29(13-11-19)25(31)20-14-21(17-8-9-17)26-24-22(20)16(2)27-28(24)3/h4-7,14,17,19H,8-13H2,1-3H3. The van der Waals surface area contributed by atoms with Crippen LogP contribution in [0.15, 0.2) is 30.3 Å². The van der Waals surface area contributed by atoms with E-state index < -0.39 is 0 Å². The molecule has 1 aliphatic carbocycles. The van der Waals surface area contributed by atoms with Gasteiger partial charge in [0.1, 0.15) is 0 Å². The third-order valence-electron chi connectivity index (χ3n) is 6.70. The van der Waals surface area contributed by atoms with Gasteiger partial charge in [-0.05, 0) is 45.6 Å². The van der Waals surface area contributed by atoms with Crippen LogP contribution in [0.2, 0.25) is 0 Å². The third kappa shape index (κ3) is 3.64. The Kier molecular flexibility index (Phi) is 4.88. The van der Waals surface area contributed by atoms with Gasteiger partial charge in [0.2, 0.25) is 0 Å². The van der Waals surface area contributed by atoms with Gasteiger partial charge in [-0.15, -0.1) is 0 Å². The van der Waals surface area contributed by atoms with Crippen LogP contribution >= 0.6 is 0 Å². The van der Waals surface area contributed by atoms with E-state index in [1.165, 1.54) is 0 Å². The molecule has 1 saturated heterocycles. The third-order valence-corrected chi connectivity index (χ3v) is 6.70. The number of Topliss-reactive ketones (excluding diaryl/α,β-unsaturated/α-hetero) is 1. The van der Waals surface area contributed by atoms with Crippen molar-refractivity contribution in [2.75, 3.05) is 13.1 Å². The zero-order chi connectivity index (χ0) is 21.7. The van der Waals surface area contributed by atoms with E-state index in [0.29, 0.717) is 37.4 Å². The molecule has 6 heteroatoms. The van der Waals surface area contributed by atoms with Crippen LogP contribution in [-0.2, 0) is 7.05 Å². The van der Waals surface area contributed by atoms with Crippen molar-refractivity contribution in [1.82, 2.24) is 19.7 Å². The van der Waals surface area contributed by atoms with E-state index in [1.807, 2.05) is 56.1 Å². The highest BCUT2D eigenvalue weighted by Gasteiger charge is 2.32. The summed E-state index contributed by atoms with van der Waals surface area (Å²) < 4.78 is 1.78. The summed E-state index contributed by atoms with van der Waals surface area (Å²) in [5.41, 5.74) is 5.25. The van der Waals surface area contributed by atoms with Crippen molar-refractivity contribution < 1.29 is 9.59 Å². The number of aryl methyl sites for hydroxylation is 3. The number of rotatable bonds is 4. The zero-order valence-corrected chi connectivity index (χ0v) is 18.4. The number of likely N-dealkylation sites (tertiary alicyclic amines) is 1. The maximum atomic E-state index is 13.5. The van der Waals surface area contributed by atoms with Gasteiger partial charge in [-0.1, -0.05) is 29.8 Å². The fourth-order valence-corrected chi connectivity index (χ4v) is 4.69. The van der Waals surface area contributed by atoms with Gasteiger partial charge in [-0.2, -0.15) is 5.10 Å². The number of nitrogens with zero attached hydrogens (tertiary/aromatic N) is 4. The lowest BCUT2D eigenvalue weighted by Gasteiger charge is -2.31. The van der Waals surface area contributed by atoms with Crippen LogP contribution in [0.25, 0.3) is 11.0 Å². The van der Waals surface area contributed by atoms with Gasteiger partial charge in [0.25, 0.3) is 5.91 Å². The summed E-state index contributed by atoms with van der Waals surface area (Å²) in [4.78, 5) is 33.1. The molecule has 0 atom stereocenters. The largest absolute Gasteiger partial charge is 0.339 e. The Morgan fingerprint density at radius 2 is 1.68 bits per heavy atom. The van der Waals surface area contributed by atoms with Crippen molar-refractivity contribution in [3.63, 3.8) is 0 Å². The number of carbonyl (C=O) groups excluding carboxylic acids is 2. The number of fused-ring (bicyclic) bond motifs is 1. The Hall–Kier alpha value is -3.02. The van der Waals surface area contributed by atoms with Crippen LogP contribution in [0.1, 0.15) is 69.3 Å². The fourth-order valence-electron chi connectivity index (χ4n) is 4.69. The van der Waals surface area contributed by atoms with Crippen LogP contribution in [0.3, 0.4) is 0 Å². The Morgan fingerprint density at radius 1 is 1.00 bits per heavy atom. The molecule has 1 amide bonds. The van der Waals surface area contributed by atoms with E-state index in [-0.39, 0.29) is 17.6 Å². The number of carbonyl (C=O) groups is 2. The summed E-state index contributed by atoms with van der Waals surface area (Å²) in [6.07, 6.45) is 3.67. The average molecular weight is 417 g/mol. The van der Waals surface area contributed by atoms with Crippen LogP contribution in [0.4, 0.5) is 0 Å². The summed E-state index contributed by atoms with van der Waals surface area (Å²) >= 11 is 0. The number of benzene rings is 1. The SMILES string of the molecule is Cc1ccc(C(=O)C2CCN(C(=O)c3cc(C4CC4)nc4c3c(C)nn4C)CC2)cc1. The Bertz CT molecular complexity index is 1170. The van der Waals surface area contributed by atoms with Crippen molar-refractivity contribution in [3.05, 3.63) is 58.4 Å². The fraction of sp³-hybridized carbons (Fsp3) is 0.440. The maximum Gasteiger partial charge on any atom is 0.254 e. The van der Waals surface area contributed by atoms with E-state index in [9.17, 15) is 9.59 Å². The second kappa shape index (κ2) is 7.59. The van der Waals surface area contributed by atoms with Gasteiger partial charge < -0.3 is 4.90 Å². The topological polar surface area (TPSA) is 68.1 Å². The van der Waals surface area contributed by atoms with E-state index in [0.717, 1.165) is 46.4 Å². The number of ketones is 1. The molecule has 0 bridgehead atoms. The van der Waals surface area contributed by atoms with E-state index in [4.69, 9.17) is 4.98 Å². The summed E-state index contributed by atoms with van der Waals surface area (Å²) in [7, 11) is 1.88. The molecule has 31 heavy (non-hydrogen) atoms. The second-order valence-corrected chi connectivity index (χ2v) is 9.07. The summed E-state index contributed by atoms with van der Waals surface area (Å²) in [6.45, 7) is 5.16. The first-order valence-corrected chi connectivity index (χ1v) is 11.2. The molecule has 3 aromatic rings. The predicted molar refractivity (Wildman–Crippen MR) is 119 cm³/mol. The minimum absolute atomic E-state index is 0.0219. The van der Waals surface area contributed by atoms with Gasteiger partial charge in [-0.3, -0.25) is 14.3 Å². The minimum Gasteiger partial charge on any atom is -0.339 e. The lowest BCUT2D eigenvalue weighted by molar-refractivity contribution is 0.0651. The van der Waals surface area contributed by atoms with Crippen molar-refractivity contribution in [2.45, 2.75) is 45.4 Å². The number of piperidine rings is 1. The molecule has 1 saturated carbocycles. The van der Waals surface area contributed by atoms with Crippen molar-refractivity contribution >= 4 is 22.7 Å². The highest BCUT2D eigenvalue weighted by atomic mass is 16.2. The Labute approximate surface area is 182 Å². The van der Waals surface area contributed by atoms with Gasteiger partial charge in [0.05, 0.1) is 16.6 Å². The number of hydrogen-bond donors (Lipinski definition) is 0. The molecule has 2 fully saturated rings. The van der Waals surface area contributed by atoms with Gasteiger partial charge in [0.15, 0.2) is 11.4 Å². The molecule has 0 unspecified atom stereocenters.